The molecule has 0 spiro atoms. The van der Waals surface area contributed by atoms with Crippen molar-refractivity contribution in [2.24, 2.45) is 5.92 Å². The molecule has 0 bridgehead atoms. The van der Waals surface area contributed by atoms with Crippen molar-refractivity contribution in [1.82, 2.24) is 15.3 Å². The lowest BCUT2D eigenvalue weighted by molar-refractivity contribution is -0.125. The average molecular weight is 276 g/mol. The maximum atomic E-state index is 12.1. The highest BCUT2D eigenvalue weighted by Gasteiger charge is 2.26. The Labute approximate surface area is 120 Å². The van der Waals surface area contributed by atoms with Crippen LogP contribution in [0.15, 0.2) is 12.3 Å². The molecule has 5 heteroatoms. The number of piperidine rings is 1. The van der Waals surface area contributed by atoms with Gasteiger partial charge in [-0.1, -0.05) is 13.3 Å². The molecular weight excluding hydrogens is 252 g/mol. The third-order valence-corrected chi connectivity index (χ3v) is 3.69. The van der Waals surface area contributed by atoms with Crippen LogP contribution in [-0.4, -0.2) is 35.5 Å². The van der Waals surface area contributed by atoms with E-state index in [0.717, 1.165) is 57.0 Å². The molecular formula is C15H24N4O. The molecule has 0 aliphatic carbocycles. The Balaban J connectivity index is 1.93. The van der Waals surface area contributed by atoms with E-state index < -0.39 is 0 Å². The van der Waals surface area contributed by atoms with E-state index in [2.05, 4.69) is 27.1 Å². The Morgan fingerprint density at radius 3 is 3.15 bits per heavy atom. The van der Waals surface area contributed by atoms with E-state index in [9.17, 15) is 4.79 Å². The van der Waals surface area contributed by atoms with Crippen LogP contribution in [0.3, 0.4) is 0 Å². The van der Waals surface area contributed by atoms with Crippen molar-refractivity contribution >= 4 is 11.9 Å². The van der Waals surface area contributed by atoms with Crippen molar-refractivity contribution in [3.05, 3.63) is 18.0 Å². The number of hydrogen-bond acceptors (Lipinski definition) is 4. The molecule has 0 radical (unpaired) electrons. The van der Waals surface area contributed by atoms with Gasteiger partial charge in [-0.05, 0) is 32.3 Å². The van der Waals surface area contributed by atoms with Gasteiger partial charge in [0, 0.05) is 31.5 Å². The van der Waals surface area contributed by atoms with Gasteiger partial charge in [0.1, 0.15) is 0 Å². The summed E-state index contributed by atoms with van der Waals surface area (Å²) in [6.07, 6.45) is 5.91. The molecule has 1 atom stereocenters. The average Bonchev–Trinajstić information content (AvgIpc) is 2.47. The van der Waals surface area contributed by atoms with Crippen molar-refractivity contribution in [3.8, 4) is 0 Å². The minimum absolute atomic E-state index is 0.0599. The van der Waals surface area contributed by atoms with E-state index >= 15 is 0 Å². The van der Waals surface area contributed by atoms with E-state index in [-0.39, 0.29) is 11.8 Å². The third kappa shape index (κ3) is 3.92. The topological polar surface area (TPSA) is 58.1 Å². The first kappa shape index (κ1) is 14.8. The second kappa shape index (κ2) is 7.22. The maximum Gasteiger partial charge on any atom is 0.225 e. The van der Waals surface area contributed by atoms with Crippen LogP contribution in [0, 0.1) is 12.8 Å². The summed E-state index contributed by atoms with van der Waals surface area (Å²) in [4.78, 5) is 23.0. The molecule has 1 aliphatic heterocycles. The molecule has 5 nitrogen and oxygen atoms in total. The predicted molar refractivity (Wildman–Crippen MR) is 79.6 cm³/mol. The zero-order valence-corrected chi connectivity index (χ0v) is 12.4. The first-order valence-electron chi connectivity index (χ1n) is 7.53. The van der Waals surface area contributed by atoms with Crippen molar-refractivity contribution in [3.63, 3.8) is 0 Å². The molecule has 0 unspecified atom stereocenters. The number of carbonyl (C=O) groups excluding carboxylic acids is 1. The number of amides is 1. The summed E-state index contributed by atoms with van der Waals surface area (Å²) in [5, 5.41) is 3.03. The third-order valence-electron chi connectivity index (χ3n) is 3.69. The fourth-order valence-corrected chi connectivity index (χ4v) is 2.49. The van der Waals surface area contributed by atoms with Crippen LogP contribution in [-0.2, 0) is 4.79 Å². The van der Waals surface area contributed by atoms with E-state index in [1.807, 2.05) is 13.0 Å². The number of rotatable bonds is 5. The molecule has 1 amide bonds. The molecule has 20 heavy (non-hydrogen) atoms. The lowest BCUT2D eigenvalue weighted by Gasteiger charge is -2.32. The fourth-order valence-electron chi connectivity index (χ4n) is 2.49. The first-order valence-corrected chi connectivity index (χ1v) is 7.53. The van der Waals surface area contributed by atoms with Crippen LogP contribution < -0.4 is 10.2 Å². The maximum absolute atomic E-state index is 12.1. The number of unbranched alkanes of at least 4 members (excludes halogenated alkanes) is 1. The molecule has 0 aromatic carbocycles. The van der Waals surface area contributed by atoms with Gasteiger partial charge in [0.25, 0.3) is 0 Å². The second-order valence-electron chi connectivity index (χ2n) is 5.43. The van der Waals surface area contributed by atoms with Crippen LogP contribution >= 0.6 is 0 Å². The number of anilines is 1. The van der Waals surface area contributed by atoms with E-state index in [1.54, 1.807) is 6.20 Å². The zero-order chi connectivity index (χ0) is 14.4. The number of nitrogens with zero attached hydrogens (tertiary/aromatic N) is 3. The van der Waals surface area contributed by atoms with Crippen LogP contribution in [0.25, 0.3) is 0 Å². The van der Waals surface area contributed by atoms with Gasteiger partial charge in [-0.15, -0.1) is 0 Å². The number of aromatic nitrogens is 2. The van der Waals surface area contributed by atoms with Crippen LogP contribution in [0.2, 0.25) is 0 Å². The number of nitrogens with one attached hydrogen (secondary N) is 1. The molecule has 0 saturated carbocycles. The summed E-state index contributed by atoms with van der Waals surface area (Å²) in [6.45, 7) is 6.53. The molecule has 2 rings (SSSR count). The lowest BCUT2D eigenvalue weighted by Crippen LogP contribution is -2.43. The van der Waals surface area contributed by atoms with E-state index in [1.165, 1.54) is 0 Å². The zero-order valence-electron chi connectivity index (χ0n) is 12.4. The Kier molecular flexibility index (Phi) is 5.32. The molecule has 1 N–H and O–H groups in total. The molecule has 1 aliphatic rings. The minimum Gasteiger partial charge on any atom is -0.356 e. The van der Waals surface area contributed by atoms with Crippen molar-refractivity contribution in [2.75, 3.05) is 24.5 Å². The summed E-state index contributed by atoms with van der Waals surface area (Å²) in [7, 11) is 0. The second-order valence-corrected chi connectivity index (χ2v) is 5.43. The Morgan fingerprint density at radius 1 is 1.55 bits per heavy atom. The highest BCUT2D eigenvalue weighted by Crippen LogP contribution is 2.20. The van der Waals surface area contributed by atoms with E-state index in [4.69, 9.17) is 0 Å². The van der Waals surface area contributed by atoms with Gasteiger partial charge in [-0.3, -0.25) is 4.79 Å². The van der Waals surface area contributed by atoms with Gasteiger partial charge < -0.3 is 10.2 Å². The van der Waals surface area contributed by atoms with Crippen molar-refractivity contribution < 1.29 is 4.79 Å². The summed E-state index contributed by atoms with van der Waals surface area (Å²) < 4.78 is 0. The van der Waals surface area contributed by atoms with Crippen LogP contribution in [0.5, 0.6) is 0 Å². The highest BCUT2D eigenvalue weighted by atomic mass is 16.1. The largest absolute Gasteiger partial charge is 0.356 e. The normalized spacial score (nSPS) is 18.9. The number of hydrogen-bond donors (Lipinski definition) is 1. The molecule has 1 aromatic heterocycles. The predicted octanol–water partition coefficient (Wildman–Crippen LogP) is 1.92. The summed E-state index contributed by atoms with van der Waals surface area (Å²) in [6, 6.07) is 1.89. The molecule has 110 valence electrons. The standard InChI is InChI=1S/C15H24N4O/c1-3-4-8-16-14(20)13-6-5-10-19(11-13)15-17-9-7-12(2)18-15/h7,9,13H,3-6,8,10-11H2,1-2H3,(H,16,20)/t13-/m0/s1. The van der Waals surface area contributed by atoms with Gasteiger partial charge in [0.15, 0.2) is 0 Å². The summed E-state index contributed by atoms with van der Waals surface area (Å²) >= 11 is 0. The number of aryl methyl sites for hydroxylation is 1. The SMILES string of the molecule is CCCCNC(=O)[C@H]1CCCN(c2nccc(C)n2)C1. The van der Waals surface area contributed by atoms with Gasteiger partial charge >= 0.3 is 0 Å². The Hall–Kier alpha value is -1.65. The molecule has 1 saturated heterocycles. The quantitative estimate of drug-likeness (QED) is 0.835. The van der Waals surface area contributed by atoms with Crippen LogP contribution in [0.4, 0.5) is 5.95 Å². The highest BCUT2D eigenvalue weighted by molar-refractivity contribution is 5.79. The summed E-state index contributed by atoms with van der Waals surface area (Å²) in [5.41, 5.74) is 0.963. The van der Waals surface area contributed by atoms with E-state index in [0.29, 0.717) is 0 Å². The smallest absolute Gasteiger partial charge is 0.225 e. The lowest BCUT2D eigenvalue weighted by atomic mass is 9.97. The van der Waals surface area contributed by atoms with Gasteiger partial charge in [0.05, 0.1) is 5.92 Å². The fraction of sp³-hybridized carbons (Fsp3) is 0.667. The first-order chi connectivity index (χ1) is 9.70. The Morgan fingerprint density at radius 2 is 2.40 bits per heavy atom. The molecule has 1 aromatic rings. The molecule has 1 fully saturated rings. The molecule has 2 heterocycles. The van der Waals surface area contributed by atoms with Crippen LogP contribution in [0.1, 0.15) is 38.3 Å². The number of carbonyl (C=O) groups is 1. The van der Waals surface area contributed by atoms with Gasteiger partial charge in [-0.2, -0.15) is 0 Å². The monoisotopic (exact) mass is 276 g/mol. The Bertz CT molecular complexity index is 449. The minimum atomic E-state index is 0.0599. The van der Waals surface area contributed by atoms with Gasteiger partial charge in [0.2, 0.25) is 11.9 Å². The van der Waals surface area contributed by atoms with Crippen molar-refractivity contribution in [1.29, 1.82) is 0 Å². The summed E-state index contributed by atoms with van der Waals surface area (Å²) in [5.74, 6) is 0.983. The van der Waals surface area contributed by atoms with Gasteiger partial charge in [-0.25, -0.2) is 9.97 Å². The van der Waals surface area contributed by atoms with Crippen molar-refractivity contribution in [2.45, 2.75) is 39.5 Å².